The van der Waals surface area contributed by atoms with Gasteiger partial charge in [-0.05, 0) is 62.5 Å². The molecule has 102 valence electrons. The number of likely N-dealkylation sites (N-methyl/N-ethyl adjacent to an activating group) is 1. The Labute approximate surface area is 120 Å². The number of hydrogen-bond acceptors (Lipinski definition) is 3. The van der Waals surface area contributed by atoms with Crippen molar-refractivity contribution in [2.45, 2.75) is 39.8 Å². The van der Waals surface area contributed by atoms with Crippen LogP contribution in [0.15, 0.2) is 29.8 Å². The van der Waals surface area contributed by atoms with E-state index in [1.54, 1.807) is 0 Å². The summed E-state index contributed by atoms with van der Waals surface area (Å²) < 4.78 is 0. The highest BCUT2D eigenvalue weighted by Gasteiger charge is 2.12. The lowest BCUT2D eigenvalue weighted by Crippen LogP contribution is -2.30. The molecule has 0 aromatic carbocycles. The number of nitrogens with zero attached hydrogens (tertiary/aromatic N) is 2. The van der Waals surface area contributed by atoms with E-state index in [1.807, 2.05) is 23.6 Å². The van der Waals surface area contributed by atoms with Crippen LogP contribution in [0.3, 0.4) is 0 Å². The summed E-state index contributed by atoms with van der Waals surface area (Å²) in [5.41, 5.74) is 3.87. The van der Waals surface area contributed by atoms with Gasteiger partial charge in [0.2, 0.25) is 0 Å². The molecule has 0 saturated carbocycles. The van der Waals surface area contributed by atoms with Crippen molar-refractivity contribution in [2.24, 2.45) is 0 Å². The van der Waals surface area contributed by atoms with Crippen LogP contribution in [0.5, 0.6) is 0 Å². The fourth-order valence-corrected chi connectivity index (χ4v) is 3.09. The molecule has 0 aliphatic carbocycles. The molecular formula is C16H22N2S. The average molecular weight is 274 g/mol. The van der Waals surface area contributed by atoms with E-state index in [9.17, 15) is 0 Å². The number of aryl methyl sites for hydroxylation is 2. The summed E-state index contributed by atoms with van der Waals surface area (Å²) in [5.74, 6) is 0. The summed E-state index contributed by atoms with van der Waals surface area (Å²) in [6.07, 6.45) is 2.91. The Balaban J connectivity index is 1.96. The SMILES string of the molecule is Cc1ccnc(C[C@@H](C)N(C)Cc2sccc2C)c1. The van der Waals surface area contributed by atoms with Gasteiger partial charge in [-0.25, -0.2) is 0 Å². The van der Waals surface area contributed by atoms with Crippen LogP contribution >= 0.6 is 11.3 Å². The van der Waals surface area contributed by atoms with Crippen LogP contribution in [-0.4, -0.2) is 23.0 Å². The van der Waals surface area contributed by atoms with Crippen LogP contribution in [0.25, 0.3) is 0 Å². The first kappa shape index (κ1) is 14.2. The molecule has 0 amide bonds. The van der Waals surface area contributed by atoms with Gasteiger partial charge in [-0.1, -0.05) is 0 Å². The van der Waals surface area contributed by atoms with E-state index in [-0.39, 0.29) is 0 Å². The molecule has 0 bridgehead atoms. The van der Waals surface area contributed by atoms with Gasteiger partial charge >= 0.3 is 0 Å². The molecule has 0 fully saturated rings. The minimum absolute atomic E-state index is 0.496. The van der Waals surface area contributed by atoms with Crippen LogP contribution in [0.1, 0.15) is 28.6 Å². The van der Waals surface area contributed by atoms with Crippen molar-refractivity contribution in [1.29, 1.82) is 0 Å². The van der Waals surface area contributed by atoms with E-state index >= 15 is 0 Å². The maximum Gasteiger partial charge on any atom is 0.0421 e. The van der Waals surface area contributed by atoms with Crippen LogP contribution in [0.2, 0.25) is 0 Å². The molecule has 0 saturated heterocycles. The number of pyridine rings is 1. The smallest absolute Gasteiger partial charge is 0.0421 e. The fourth-order valence-electron chi connectivity index (χ4n) is 2.12. The minimum Gasteiger partial charge on any atom is -0.298 e. The lowest BCUT2D eigenvalue weighted by atomic mass is 10.1. The molecule has 2 aromatic heterocycles. The molecule has 19 heavy (non-hydrogen) atoms. The van der Waals surface area contributed by atoms with Gasteiger partial charge in [-0.3, -0.25) is 9.88 Å². The highest BCUT2D eigenvalue weighted by Crippen LogP contribution is 2.19. The van der Waals surface area contributed by atoms with Gasteiger partial charge in [0.15, 0.2) is 0 Å². The van der Waals surface area contributed by atoms with Crippen LogP contribution in [-0.2, 0) is 13.0 Å². The van der Waals surface area contributed by atoms with Crippen LogP contribution in [0.4, 0.5) is 0 Å². The molecule has 2 heterocycles. The Hall–Kier alpha value is -1.19. The summed E-state index contributed by atoms with van der Waals surface area (Å²) in [6, 6.07) is 6.92. The predicted octanol–water partition coefficient (Wildman–Crippen LogP) is 3.82. The van der Waals surface area contributed by atoms with Gasteiger partial charge in [-0.15, -0.1) is 11.3 Å². The zero-order valence-electron chi connectivity index (χ0n) is 12.2. The zero-order chi connectivity index (χ0) is 13.8. The molecule has 2 nitrogen and oxygen atoms in total. The molecule has 0 spiro atoms. The topological polar surface area (TPSA) is 16.1 Å². The van der Waals surface area contributed by atoms with Crippen molar-refractivity contribution in [1.82, 2.24) is 9.88 Å². The lowest BCUT2D eigenvalue weighted by molar-refractivity contribution is 0.248. The summed E-state index contributed by atoms with van der Waals surface area (Å²) in [6.45, 7) is 7.60. The second-order valence-corrected chi connectivity index (χ2v) is 6.32. The predicted molar refractivity (Wildman–Crippen MR) is 82.7 cm³/mol. The highest BCUT2D eigenvalue weighted by molar-refractivity contribution is 7.10. The molecule has 0 aliphatic rings. The van der Waals surface area contributed by atoms with E-state index in [4.69, 9.17) is 0 Å². The Morgan fingerprint density at radius 1 is 1.32 bits per heavy atom. The minimum atomic E-state index is 0.496. The fraction of sp³-hybridized carbons (Fsp3) is 0.438. The van der Waals surface area contributed by atoms with E-state index in [1.165, 1.54) is 21.7 Å². The van der Waals surface area contributed by atoms with Gasteiger partial charge in [-0.2, -0.15) is 0 Å². The molecule has 2 rings (SSSR count). The Bertz CT molecular complexity index is 533. The maximum atomic E-state index is 4.45. The van der Waals surface area contributed by atoms with Crippen molar-refractivity contribution in [3.05, 3.63) is 51.5 Å². The lowest BCUT2D eigenvalue weighted by Gasteiger charge is -2.24. The summed E-state index contributed by atoms with van der Waals surface area (Å²) in [5, 5.41) is 2.17. The zero-order valence-corrected chi connectivity index (χ0v) is 13.0. The average Bonchev–Trinajstić information content (AvgIpc) is 2.75. The quantitative estimate of drug-likeness (QED) is 0.824. The number of hydrogen-bond donors (Lipinski definition) is 0. The molecule has 2 aromatic rings. The highest BCUT2D eigenvalue weighted by atomic mass is 32.1. The first-order chi connectivity index (χ1) is 9.06. The first-order valence-corrected chi connectivity index (χ1v) is 7.59. The summed E-state index contributed by atoms with van der Waals surface area (Å²) >= 11 is 1.85. The standard InChI is InChI=1S/C16H22N2S/c1-12-5-7-17-15(9-12)10-14(3)18(4)11-16-13(2)6-8-19-16/h5-9,14H,10-11H2,1-4H3/t14-/m1/s1. The largest absolute Gasteiger partial charge is 0.298 e. The second-order valence-electron chi connectivity index (χ2n) is 5.32. The molecule has 1 atom stereocenters. The maximum absolute atomic E-state index is 4.45. The second kappa shape index (κ2) is 6.31. The van der Waals surface area contributed by atoms with E-state index in [0.29, 0.717) is 6.04 Å². The van der Waals surface area contributed by atoms with Gasteiger partial charge in [0, 0.05) is 35.8 Å². The summed E-state index contributed by atoms with van der Waals surface area (Å²) in [7, 11) is 2.19. The molecule has 0 N–H and O–H groups in total. The first-order valence-electron chi connectivity index (χ1n) is 6.71. The number of thiophene rings is 1. The third-order valence-corrected chi connectivity index (χ3v) is 4.60. The molecule has 0 unspecified atom stereocenters. The van der Waals surface area contributed by atoms with E-state index in [0.717, 1.165) is 13.0 Å². The third-order valence-electron chi connectivity index (χ3n) is 3.59. The number of rotatable bonds is 5. The van der Waals surface area contributed by atoms with E-state index in [2.05, 4.69) is 55.2 Å². The van der Waals surface area contributed by atoms with Crippen molar-refractivity contribution in [2.75, 3.05) is 7.05 Å². The molecule has 0 aliphatic heterocycles. The Morgan fingerprint density at radius 3 is 2.74 bits per heavy atom. The Kier molecular flexibility index (Phi) is 4.72. The molecule has 3 heteroatoms. The van der Waals surface area contributed by atoms with Gasteiger partial charge in [0.05, 0.1) is 0 Å². The normalized spacial score (nSPS) is 12.9. The Morgan fingerprint density at radius 2 is 2.11 bits per heavy atom. The van der Waals surface area contributed by atoms with Crippen molar-refractivity contribution >= 4 is 11.3 Å². The van der Waals surface area contributed by atoms with Crippen molar-refractivity contribution in [3.63, 3.8) is 0 Å². The van der Waals surface area contributed by atoms with Crippen molar-refractivity contribution in [3.8, 4) is 0 Å². The van der Waals surface area contributed by atoms with E-state index < -0.39 is 0 Å². The van der Waals surface area contributed by atoms with Crippen LogP contribution in [0, 0.1) is 13.8 Å². The number of aromatic nitrogens is 1. The van der Waals surface area contributed by atoms with Crippen LogP contribution < -0.4 is 0 Å². The molecule has 0 radical (unpaired) electrons. The van der Waals surface area contributed by atoms with Gasteiger partial charge in [0.25, 0.3) is 0 Å². The summed E-state index contributed by atoms with van der Waals surface area (Å²) in [4.78, 5) is 8.32. The van der Waals surface area contributed by atoms with Gasteiger partial charge < -0.3 is 0 Å². The molecular weight excluding hydrogens is 252 g/mol. The van der Waals surface area contributed by atoms with Crippen molar-refractivity contribution < 1.29 is 0 Å². The third kappa shape index (κ3) is 3.88. The van der Waals surface area contributed by atoms with Gasteiger partial charge in [0.1, 0.15) is 0 Å². The monoisotopic (exact) mass is 274 g/mol.